The lowest BCUT2D eigenvalue weighted by Gasteiger charge is -2.20. The quantitative estimate of drug-likeness (QED) is 0.657. The number of thioether (sulfide) groups is 1. The highest BCUT2D eigenvalue weighted by Crippen LogP contribution is 2.24. The Hall–Kier alpha value is -1.45. The molecule has 0 N–H and O–H groups in total. The van der Waals surface area contributed by atoms with E-state index in [1.165, 1.54) is 23.3 Å². The Balaban J connectivity index is 1.58. The molecule has 0 aromatic heterocycles. The van der Waals surface area contributed by atoms with Gasteiger partial charge in [-0.25, -0.2) is 0 Å². The number of rotatable bonds is 4. The standard InChI is InChI=1S/C20H22ClNOS/c21-18-9-11-19(12-10-18)24-15-16-5-7-17(8-6-16)20(23)22-13-3-1-2-4-14-22/h5-12H,1-4,13-15H2. The average Bonchev–Trinajstić information content (AvgIpc) is 2.90. The van der Waals surface area contributed by atoms with Crippen LogP contribution in [0.2, 0.25) is 5.02 Å². The van der Waals surface area contributed by atoms with Crippen molar-refractivity contribution < 1.29 is 4.79 Å². The Kier molecular flexibility index (Phi) is 6.22. The van der Waals surface area contributed by atoms with Gasteiger partial charge in [0.1, 0.15) is 0 Å². The zero-order chi connectivity index (χ0) is 16.8. The van der Waals surface area contributed by atoms with Crippen molar-refractivity contribution >= 4 is 29.3 Å². The minimum absolute atomic E-state index is 0.175. The average molecular weight is 360 g/mol. The van der Waals surface area contributed by atoms with Gasteiger partial charge in [0.05, 0.1) is 0 Å². The third-order valence-corrected chi connectivity index (χ3v) is 5.65. The predicted octanol–water partition coefficient (Wildman–Crippen LogP) is 5.65. The van der Waals surface area contributed by atoms with Crippen molar-refractivity contribution in [3.05, 3.63) is 64.7 Å². The van der Waals surface area contributed by atoms with Crippen LogP contribution in [-0.4, -0.2) is 23.9 Å². The lowest BCUT2D eigenvalue weighted by Crippen LogP contribution is -2.31. The van der Waals surface area contributed by atoms with E-state index in [4.69, 9.17) is 11.6 Å². The molecule has 24 heavy (non-hydrogen) atoms. The molecule has 3 rings (SSSR count). The third-order valence-electron chi connectivity index (χ3n) is 4.31. The maximum absolute atomic E-state index is 12.6. The molecular weight excluding hydrogens is 338 g/mol. The van der Waals surface area contributed by atoms with Gasteiger partial charge < -0.3 is 4.90 Å². The van der Waals surface area contributed by atoms with Gasteiger partial charge in [0.15, 0.2) is 0 Å². The number of benzene rings is 2. The van der Waals surface area contributed by atoms with Crippen LogP contribution < -0.4 is 0 Å². The second-order valence-corrected chi connectivity index (χ2v) is 7.63. The molecule has 0 aliphatic carbocycles. The van der Waals surface area contributed by atoms with Crippen molar-refractivity contribution in [2.75, 3.05) is 13.1 Å². The van der Waals surface area contributed by atoms with Crippen LogP contribution in [0.4, 0.5) is 0 Å². The minimum atomic E-state index is 0.175. The molecule has 1 fully saturated rings. The molecule has 0 spiro atoms. The molecule has 0 saturated carbocycles. The zero-order valence-corrected chi connectivity index (χ0v) is 15.3. The van der Waals surface area contributed by atoms with Crippen LogP contribution in [0, 0.1) is 0 Å². The largest absolute Gasteiger partial charge is 0.339 e. The summed E-state index contributed by atoms with van der Waals surface area (Å²) < 4.78 is 0. The second kappa shape index (κ2) is 8.59. The van der Waals surface area contributed by atoms with Crippen molar-refractivity contribution in [3.8, 4) is 0 Å². The van der Waals surface area contributed by atoms with Crippen LogP contribution in [-0.2, 0) is 5.75 Å². The monoisotopic (exact) mass is 359 g/mol. The SMILES string of the molecule is O=C(c1ccc(CSc2ccc(Cl)cc2)cc1)N1CCCCCC1. The van der Waals surface area contributed by atoms with Crippen molar-refractivity contribution in [1.29, 1.82) is 0 Å². The molecule has 1 saturated heterocycles. The molecule has 4 heteroatoms. The molecule has 0 radical (unpaired) electrons. The predicted molar refractivity (Wildman–Crippen MR) is 102 cm³/mol. The van der Waals surface area contributed by atoms with Crippen LogP contribution in [0.1, 0.15) is 41.6 Å². The molecule has 1 heterocycles. The van der Waals surface area contributed by atoms with E-state index >= 15 is 0 Å². The van der Waals surface area contributed by atoms with Gasteiger partial charge in [-0.15, -0.1) is 11.8 Å². The summed E-state index contributed by atoms with van der Waals surface area (Å²) in [5.41, 5.74) is 2.03. The number of carbonyl (C=O) groups is 1. The topological polar surface area (TPSA) is 20.3 Å². The van der Waals surface area contributed by atoms with Crippen LogP contribution in [0.3, 0.4) is 0 Å². The number of hydrogen-bond acceptors (Lipinski definition) is 2. The van der Waals surface area contributed by atoms with Gasteiger partial charge in [-0.1, -0.05) is 36.6 Å². The summed E-state index contributed by atoms with van der Waals surface area (Å²) in [6.07, 6.45) is 4.73. The molecule has 0 unspecified atom stereocenters. The second-order valence-electron chi connectivity index (χ2n) is 6.15. The molecule has 1 amide bonds. The summed E-state index contributed by atoms with van der Waals surface area (Å²) in [7, 11) is 0. The molecule has 126 valence electrons. The highest BCUT2D eigenvalue weighted by Gasteiger charge is 2.16. The maximum Gasteiger partial charge on any atom is 0.253 e. The molecular formula is C20H22ClNOS. The van der Waals surface area contributed by atoms with Gasteiger partial charge in [0, 0.05) is 34.3 Å². The van der Waals surface area contributed by atoms with E-state index < -0.39 is 0 Å². The van der Waals surface area contributed by atoms with E-state index in [2.05, 4.69) is 12.1 Å². The smallest absolute Gasteiger partial charge is 0.253 e. The first-order valence-corrected chi connectivity index (χ1v) is 9.85. The Labute approximate surface area is 153 Å². The number of likely N-dealkylation sites (tertiary alicyclic amines) is 1. The Morgan fingerprint density at radius 2 is 1.54 bits per heavy atom. The Bertz CT molecular complexity index is 661. The number of nitrogens with zero attached hydrogens (tertiary/aromatic N) is 1. The molecule has 2 aromatic rings. The van der Waals surface area contributed by atoms with Crippen molar-refractivity contribution in [3.63, 3.8) is 0 Å². The lowest BCUT2D eigenvalue weighted by atomic mass is 10.1. The summed E-state index contributed by atoms with van der Waals surface area (Å²) in [6, 6.07) is 15.9. The summed E-state index contributed by atoms with van der Waals surface area (Å²) in [5.74, 6) is 1.06. The molecule has 2 aromatic carbocycles. The molecule has 1 aliphatic heterocycles. The highest BCUT2D eigenvalue weighted by atomic mass is 35.5. The number of hydrogen-bond donors (Lipinski definition) is 0. The van der Waals surface area contributed by atoms with E-state index in [-0.39, 0.29) is 5.91 Å². The zero-order valence-electron chi connectivity index (χ0n) is 13.7. The van der Waals surface area contributed by atoms with Crippen LogP contribution in [0.15, 0.2) is 53.4 Å². The van der Waals surface area contributed by atoms with Crippen LogP contribution >= 0.6 is 23.4 Å². The van der Waals surface area contributed by atoms with Crippen LogP contribution in [0.25, 0.3) is 0 Å². The Morgan fingerprint density at radius 3 is 2.17 bits per heavy atom. The van der Waals surface area contributed by atoms with E-state index in [1.54, 1.807) is 11.8 Å². The fourth-order valence-electron chi connectivity index (χ4n) is 2.90. The first-order valence-electron chi connectivity index (χ1n) is 8.49. The number of carbonyl (C=O) groups excluding carboxylic acids is 1. The summed E-state index contributed by atoms with van der Waals surface area (Å²) >= 11 is 7.68. The van der Waals surface area contributed by atoms with Gasteiger partial charge in [-0.05, 0) is 54.8 Å². The van der Waals surface area contributed by atoms with Crippen molar-refractivity contribution in [1.82, 2.24) is 4.90 Å². The Morgan fingerprint density at radius 1 is 0.917 bits per heavy atom. The van der Waals surface area contributed by atoms with E-state index in [1.807, 2.05) is 41.3 Å². The molecule has 0 bridgehead atoms. The molecule has 2 nitrogen and oxygen atoms in total. The summed E-state index contributed by atoms with van der Waals surface area (Å²) in [6.45, 7) is 1.79. The summed E-state index contributed by atoms with van der Waals surface area (Å²) in [4.78, 5) is 15.8. The first kappa shape index (κ1) is 17.4. The molecule has 0 atom stereocenters. The van der Waals surface area contributed by atoms with Crippen molar-refractivity contribution in [2.24, 2.45) is 0 Å². The maximum atomic E-state index is 12.6. The number of halogens is 1. The number of amides is 1. The van der Waals surface area contributed by atoms with Gasteiger partial charge in [-0.2, -0.15) is 0 Å². The minimum Gasteiger partial charge on any atom is -0.339 e. The fourth-order valence-corrected chi connectivity index (χ4v) is 3.88. The molecule has 1 aliphatic rings. The van der Waals surface area contributed by atoms with Crippen LogP contribution in [0.5, 0.6) is 0 Å². The van der Waals surface area contributed by atoms with E-state index in [0.29, 0.717) is 0 Å². The van der Waals surface area contributed by atoms with E-state index in [0.717, 1.165) is 42.3 Å². The highest BCUT2D eigenvalue weighted by molar-refractivity contribution is 7.98. The summed E-state index contributed by atoms with van der Waals surface area (Å²) in [5, 5.41) is 0.760. The van der Waals surface area contributed by atoms with Crippen molar-refractivity contribution in [2.45, 2.75) is 36.3 Å². The third kappa shape index (κ3) is 4.78. The lowest BCUT2D eigenvalue weighted by molar-refractivity contribution is 0.0761. The normalized spacial score (nSPS) is 15.1. The van der Waals surface area contributed by atoms with Gasteiger partial charge in [0.2, 0.25) is 0 Å². The van der Waals surface area contributed by atoms with Gasteiger partial charge >= 0.3 is 0 Å². The fraction of sp³-hybridized carbons (Fsp3) is 0.350. The van der Waals surface area contributed by atoms with E-state index in [9.17, 15) is 4.79 Å². The van der Waals surface area contributed by atoms with Gasteiger partial charge in [-0.3, -0.25) is 4.79 Å². The van der Waals surface area contributed by atoms with Gasteiger partial charge in [0.25, 0.3) is 5.91 Å². The first-order chi connectivity index (χ1) is 11.7.